The normalized spacial score (nSPS) is 21.4. The summed E-state index contributed by atoms with van der Waals surface area (Å²) < 4.78 is 32.6. The molecule has 1 aromatic carbocycles. The van der Waals surface area contributed by atoms with E-state index in [1.54, 1.807) is 6.92 Å². The molecule has 112 valence electrons. The molecule has 1 fully saturated rings. The molecule has 0 spiro atoms. The van der Waals surface area contributed by atoms with Gasteiger partial charge in [0.1, 0.15) is 23.0 Å². The maximum absolute atomic E-state index is 12.4. The van der Waals surface area contributed by atoms with Gasteiger partial charge in [0.05, 0.1) is 0 Å². The van der Waals surface area contributed by atoms with Crippen molar-refractivity contribution >= 4 is 10.0 Å². The molecule has 5 nitrogen and oxygen atoms in total. The summed E-state index contributed by atoms with van der Waals surface area (Å²) in [5.74, 6) is 0.775. The predicted octanol–water partition coefficient (Wildman–Crippen LogP) is 1.91. The zero-order chi connectivity index (χ0) is 15.0. The summed E-state index contributed by atoms with van der Waals surface area (Å²) in [5.41, 5.74) is 1.14. The lowest BCUT2D eigenvalue weighted by Crippen LogP contribution is -2.27. The molecule has 0 aliphatic heterocycles. The molecule has 1 heterocycles. The van der Waals surface area contributed by atoms with Gasteiger partial charge < -0.3 is 9.52 Å². The fourth-order valence-corrected chi connectivity index (χ4v) is 4.02. The van der Waals surface area contributed by atoms with Crippen molar-refractivity contribution in [1.29, 1.82) is 0 Å². The number of hydrogen-bond acceptors (Lipinski definition) is 4. The molecule has 0 saturated heterocycles. The zero-order valence-corrected chi connectivity index (χ0v) is 12.4. The average molecular weight is 307 g/mol. The van der Waals surface area contributed by atoms with E-state index in [0.29, 0.717) is 5.76 Å². The van der Waals surface area contributed by atoms with Crippen molar-refractivity contribution in [1.82, 2.24) is 4.72 Å². The van der Waals surface area contributed by atoms with Gasteiger partial charge in [-0.25, -0.2) is 13.1 Å². The van der Waals surface area contributed by atoms with Gasteiger partial charge in [0.15, 0.2) is 0 Å². The molecule has 1 aliphatic rings. The van der Waals surface area contributed by atoms with E-state index < -0.39 is 10.0 Å². The molecule has 1 aliphatic carbocycles. The van der Waals surface area contributed by atoms with Gasteiger partial charge in [-0.05, 0) is 18.9 Å². The highest BCUT2D eigenvalue weighted by Gasteiger charge is 2.41. The Morgan fingerprint density at radius 2 is 2.05 bits per heavy atom. The Balaban J connectivity index is 1.75. The van der Waals surface area contributed by atoms with E-state index in [1.165, 1.54) is 6.07 Å². The maximum atomic E-state index is 12.4. The molecule has 6 heteroatoms. The molecule has 0 bridgehead atoms. The number of benzene rings is 1. The first-order valence-corrected chi connectivity index (χ1v) is 8.27. The Labute approximate surface area is 123 Å². The number of aryl methyl sites for hydroxylation is 1. The second kappa shape index (κ2) is 5.29. The van der Waals surface area contributed by atoms with Crippen molar-refractivity contribution in [2.45, 2.75) is 36.8 Å². The fraction of sp³-hybridized carbons (Fsp3) is 0.333. The minimum atomic E-state index is -3.61. The summed E-state index contributed by atoms with van der Waals surface area (Å²) in [6.07, 6.45) is 0.799. The van der Waals surface area contributed by atoms with E-state index in [4.69, 9.17) is 9.52 Å². The topological polar surface area (TPSA) is 79.5 Å². The van der Waals surface area contributed by atoms with Crippen molar-refractivity contribution in [3.05, 3.63) is 53.5 Å². The standard InChI is InChI=1S/C15H17NO4S/c1-10-15(7-12(9-17)20-10)21(18,19)16-14-8-13(14)11-5-3-2-4-6-11/h2-7,13-14,16-17H,8-9H2,1H3. The van der Waals surface area contributed by atoms with Gasteiger partial charge in [0.25, 0.3) is 0 Å². The van der Waals surface area contributed by atoms with Gasteiger partial charge in [-0.2, -0.15) is 0 Å². The summed E-state index contributed by atoms with van der Waals surface area (Å²) in [6, 6.07) is 11.1. The van der Waals surface area contributed by atoms with Crippen LogP contribution in [-0.4, -0.2) is 19.6 Å². The van der Waals surface area contributed by atoms with E-state index >= 15 is 0 Å². The van der Waals surface area contributed by atoms with Crippen molar-refractivity contribution in [2.75, 3.05) is 0 Å². The third kappa shape index (κ3) is 2.88. The van der Waals surface area contributed by atoms with Crippen LogP contribution in [0.25, 0.3) is 0 Å². The lowest BCUT2D eigenvalue weighted by Gasteiger charge is -2.05. The molecule has 2 aromatic rings. The summed E-state index contributed by atoms with van der Waals surface area (Å²) >= 11 is 0. The quantitative estimate of drug-likeness (QED) is 0.884. The summed E-state index contributed by atoms with van der Waals surface area (Å²) in [6.45, 7) is 1.27. The summed E-state index contributed by atoms with van der Waals surface area (Å²) in [7, 11) is -3.61. The van der Waals surface area contributed by atoms with Crippen molar-refractivity contribution in [3.8, 4) is 0 Å². The fourth-order valence-electron chi connectivity index (χ4n) is 2.53. The number of hydrogen-bond donors (Lipinski definition) is 2. The Morgan fingerprint density at radius 3 is 2.67 bits per heavy atom. The number of furan rings is 1. The summed E-state index contributed by atoms with van der Waals surface area (Å²) in [4.78, 5) is 0.102. The lowest BCUT2D eigenvalue weighted by molar-refractivity contribution is 0.244. The highest BCUT2D eigenvalue weighted by molar-refractivity contribution is 7.89. The molecule has 21 heavy (non-hydrogen) atoms. The molecular weight excluding hydrogens is 290 g/mol. The predicted molar refractivity (Wildman–Crippen MR) is 77.3 cm³/mol. The summed E-state index contributed by atoms with van der Waals surface area (Å²) in [5, 5.41) is 9.02. The van der Waals surface area contributed by atoms with E-state index in [2.05, 4.69) is 4.72 Å². The number of aliphatic hydroxyl groups is 1. The van der Waals surface area contributed by atoms with Gasteiger partial charge in [0.2, 0.25) is 10.0 Å². The van der Waals surface area contributed by atoms with Crippen LogP contribution in [0.2, 0.25) is 0 Å². The van der Waals surface area contributed by atoms with Gasteiger partial charge >= 0.3 is 0 Å². The van der Waals surface area contributed by atoms with Crippen molar-refractivity contribution in [3.63, 3.8) is 0 Å². The Bertz CT molecular complexity index is 736. The number of nitrogens with one attached hydrogen (secondary N) is 1. The molecule has 3 rings (SSSR count). The van der Waals surface area contributed by atoms with E-state index in [1.807, 2.05) is 30.3 Å². The van der Waals surface area contributed by atoms with E-state index in [9.17, 15) is 8.42 Å². The highest BCUT2D eigenvalue weighted by Crippen LogP contribution is 2.41. The molecule has 1 saturated carbocycles. The smallest absolute Gasteiger partial charge is 0.244 e. The molecule has 2 unspecified atom stereocenters. The Morgan fingerprint density at radius 1 is 1.33 bits per heavy atom. The van der Waals surface area contributed by atoms with Crippen LogP contribution in [0.3, 0.4) is 0 Å². The van der Waals surface area contributed by atoms with Gasteiger partial charge in [-0.3, -0.25) is 0 Å². The van der Waals surface area contributed by atoms with E-state index in [0.717, 1.165) is 12.0 Å². The molecule has 2 atom stereocenters. The monoisotopic (exact) mass is 307 g/mol. The van der Waals surface area contributed by atoms with Crippen LogP contribution >= 0.6 is 0 Å². The first-order chi connectivity index (χ1) is 10.0. The molecule has 0 radical (unpaired) electrons. The third-order valence-corrected chi connectivity index (χ3v) is 5.29. The third-order valence-electron chi connectivity index (χ3n) is 3.69. The van der Waals surface area contributed by atoms with Gasteiger partial charge in [-0.1, -0.05) is 30.3 Å². The first-order valence-electron chi connectivity index (χ1n) is 6.78. The SMILES string of the molecule is Cc1oc(CO)cc1S(=O)(=O)NC1CC1c1ccccc1. The van der Waals surface area contributed by atoms with Crippen LogP contribution in [0.15, 0.2) is 45.7 Å². The van der Waals surface area contributed by atoms with Crippen LogP contribution in [0.5, 0.6) is 0 Å². The number of rotatable bonds is 5. The van der Waals surface area contributed by atoms with Crippen LogP contribution in [0, 0.1) is 6.92 Å². The van der Waals surface area contributed by atoms with Crippen molar-refractivity contribution < 1.29 is 17.9 Å². The van der Waals surface area contributed by atoms with Crippen LogP contribution in [-0.2, 0) is 16.6 Å². The molecular formula is C15H17NO4S. The van der Waals surface area contributed by atoms with Crippen molar-refractivity contribution in [2.24, 2.45) is 0 Å². The molecule has 1 aromatic heterocycles. The van der Waals surface area contributed by atoms with Gasteiger partial charge in [-0.15, -0.1) is 0 Å². The van der Waals surface area contributed by atoms with Crippen LogP contribution in [0.1, 0.15) is 29.4 Å². The number of sulfonamides is 1. The lowest BCUT2D eigenvalue weighted by atomic mass is 10.1. The van der Waals surface area contributed by atoms with Crippen LogP contribution < -0.4 is 4.72 Å². The largest absolute Gasteiger partial charge is 0.462 e. The highest BCUT2D eigenvalue weighted by atomic mass is 32.2. The Kier molecular flexibility index (Phi) is 3.61. The maximum Gasteiger partial charge on any atom is 0.244 e. The average Bonchev–Trinajstić information content (AvgIpc) is 3.10. The number of aliphatic hydroxyl groups excluding tert-OH is 1. The Hall–Kier alpha value is -1.63. The zero-order valence-electron chi connectivity index (χ0n) is 11.6. The van der Waals surface area contributed by atoms with Crippen LogP contribution in [0.4, 0.5) is 0 Å². The first kappa shape index (κ1) is 14.3. The van der Waals surface area contributed by atoms with Gasteiger partial charge in [0, 0.05) is 18.0 Å². The second-order valence-electron chi connectivity index (χ2n) is 5.27. The molecule has 0 amide bonds. The van der Waals surface area contributed by atoms with E-state index in [-0.39, 0.29) is 29.2 Å². The minimum Gasteiger partial charge on any atom is -0.462 e. The minimum absolute atomic E-state index is 0.0794. The molecule has 2 N–H and O–H groups in total. The second-order valence-corrected chi connectivity index (χ2v) is 6.95.